The minimum atomic E-state index is -0.210. The molecule has 5 nitrogen and oxygen atoms in total. The summed E-state index contributed by atoms with van der Waals surface area (Å²) in [6.07, 6.45) is 0.741. The molecule has 1 aromatic heterocycles. The number of rotatable bonds is 4. The highest BCUT2D eigenvalue weighted by atomic mass is 16.2. The first-order valence-corrected chi connectivity index (χ1v) is 7.12. The van der Waals surface area contributed by atoms with E-state index in [1.54, 1.807) is 9.36 Å². The molecule has 0 radical (unpaired) electrons. The van der Waals surface area contributed by atoms with Gasteiger partial charge in [-0.3, -0.25) is 14.3 Å². The average Bonchev–Trinajstić information content (AvgIpc) is 2.71. The minimum absolute atomic E-state index is 0.116. The van der Waals surface area contributed by atoms with Crippen LogP contribution in [-0.4, -0.2) is 15.3 Å². The monoisotopic (exact) mass is 287 g/mol. The number of carbonyl (C=O) groups excluding carboxylic acids is 1. The van der Waals surface area contributed by atoms with E-state index in [1.165, 1.54) is 0 Å². The highest BCUT2D eigenvalue weighted by molar-refractivity contribution is 5.92. The van der Waals surface area contributed by atoms with Crippen LogP contribution in [0.4, 0.5) is 5.69 Å². The summed E-state index contributed by atoms with van der Waals surface area (Å²) in [6.45, 7) is 5.63. The van der Waals surface area contributed by atoms with Gasteiger partial charge in [0.15, 0.2) is 0 Å². The zero-order valence-electron chi connectivity index (χ0n) is 12.9. The van der Waals surface area contributed by atoms with Crippen molar-refractivity contribution >= 4 is 11.6 Å². The van der Waals surface area contributed by atoms with Gasteiger partial charge in [0.1, 0.15) is 5.69 Å². The molecule has 1 amide bonds. The number of amides is 1. The fraction of sp³-hybridized carbons (Fsp3) is 0.375. The summed E-state index contributed by atoms with van der Waals surface area (Å²) in [5.41, 5.74) is 1.65. The summed E-state index contributed by atoms with van der Waals surface area (Å²) in [4.78, 5) is 24.6. The first-order chi connectivity index (χ1) is 9.97. The maximum atomic E-state index is 12.6. The summed E-state index contributed by atoms with van der Waals surface area (Å²) in [5, 5.41) is 2.77. The molecule has 1 aromatic carbocycles. The largest absolute Gasteiger partial charge is 0.320 e. The molecule has 0 aliphatic carbocycles. The van der Waals surface area contributed by atoms with Gasteiger partial charge in [-0.15, -0.1) is 0 Å². The second-order valence-corrected chi connectivity index (χ2v) is 5.24. The first kappa shape index (κ1) is 15.1. The number of hydrogen-bond donors (Lipinski definition) is 1. The summed E-state index contributed by atoms with van der Waals surface area (Å²) in [7, 11) is 1.81. The number of aromatic nitrogens is 2. The third-order valence-corrected chi connectivity index (χ3v) is 3.86. The van der Waals surface area contributed by atoms with Gasteiger partial charge in [0.25, 0.3) is 5.56 Å². The van der Waals surface area contributed by atoms with Crippen molar-refractivity contribution < 1.29 is 4.79 Å². The molecule has 0 unspecified atom stereocenters. The van der Waals surface area contributed by atoms with E-state index in [4.69, 9.17) is 0 Å². The van der Waals surface area contributed by atoms with Crippen LogP contribution in [0.15, 0.2) is 35.1 Å². The highest BCUT2D eigenvalue weighted by Gasteiger charge is 2.19. The van der Waals surface area contributed by atoms with Crippen LogP contribution in [0.1, 0.15) is 26.0 Å². The number of hydrogen-bond acceptors (Lipinski definition) is 2. The van der Waals surface area contributed by atoms with Crippen LogP contribution in [0.25, 0.3) is 5.69 Å². The Bertz CT molecular complexity index is 698. The molecule has 21 heavy (non-hydrogen) atoms. The fourth-order valence-corrected chi connectivity index (χ4v) is 2.14. The molecule has 0 saturated heterocycles. The molecule has 1 heterocycles. The van der Waals surface area contributed by atoms with E-state index in [0.29, 0.717) is 5.69 Å². The van der Waals surface area contributed by atoms with Gasteiger partial charge in [-0.1, -0.05) is 32.0 Å². The number of para-hydroxylation sites is 1. The van der Waals surface area contributed by atoms with Gasteiger partial charge in [0.2, 0.25) is 5.91 Å². The van der Waals surface area contributed by atoms with E-state index in [2.05, 4.69) is 5.32 Å². The molecule has 5 heteroatoms. The molecule has 0 aliphatic heterocycles. The van der Waals surface area contributed by atoms with Gasteiger partial charge in [-0.25, -0.2) is 4.68 Å². The van der Waals surface area contributed by atoms with Crippen LogP contribution in [0.3, 0.4) is 0 Å². The number of carbonyl (C=O) groups is 1. The Kier molecular flexibility index (Phi) is 4.31. The van der Waals surface area contributed by atoms with Crippen molar-refractivity contribution in [3.63, 3.8) is 0 Å². The van der Waals surface area contributed by atoms with Crippen LogP contribution < -0.4 is 10.9 Å². The zero-order valence-corrected chi connectivity index (χ0v) is 12.9. The second kappa shape index (κ2) is 5.99. The van der Waals surface area contributed by atoms with Gasteiger partial charge in [-0.2, -0.15) is 0 Å². The summed E-state index contributed by atoms with van der Waals surface area (Å²) in [6, 6.07) is 9.38. The van der Waals surface area contributed by atoms with Gasteiger partial charge in [0, 0.05) is 13.0 Å². The van der Waals surface area contributed by atoms with Gasteiger partial charge < -0.3 is 5.32 Å². The molecular weight excluding hydrogens is 266 g/mol. The van der Waals surface area contributed by atoms with Crippen LogP contribution >= 0.6 is 0 Å². The molecular formula is C16H21N3O2. The van der Waals surface area contributed by atoms with Crippen molar-refractivity contribution in [1.82, 2.24) is 9.36 Å². The average molecular weight is 287 g/mol. The Morgan fingerprint density at radius 3 is 2.48 bits per heavy atom. The molecule has 2 rings (SSSR count). The van der Waals surface area contributed by atoms with Crippen molar-refractivity contribution in [2.45, 2.75) is 27.2 Å². The molecule has 0 fully saturated rings. The topological polar surface area (TPSA) is 56.0 Å². The van der Waals surface area contributed by atoms with E-state index in [-0.39, 0.29) is 17.4 Å². The third-order valence-electron chi connectivity index (χ3n) is 3.86. The molecule has 0 saturated carbocycles. The van der Waals surface area contributed by atoms with E-state index in [0.717, 1.165) is 17.8 Å². The van der Waals surface area contributed by atoms with Crippen LogP contribution in [0, 0.1) is 12.8 Å². The third kappa shape index (κ3) is 2.77. The number of nitrogens with zero attached hydrogens (tertiary/aromatic N) is 2. The Balaban J connectivity index is 2.47. The predicted molar refractivity (Wildman–Crippen MR) is 83.8 cm³/mol. The lowest BCUT2D eigenvalue weighted by Crippen LogP contribution is -2.25. The van der Waals surface area contributed by atoms with Gasteiger partial charge >= 0.3 is 0 Å². The predicted octanol–water partition coefficient (Wildman–Crippen LogP) is 2.47. The SMILES string of the molecule is CC[C@H](C)C(=O)Nc1c(C)n(C)n(-c2ccccc2)c1=O. The van der Waals surface area contributed by atoms with E-state index < -0.39 is 0 Å². The van der Waals surface area contributed by atoms with Gasteiger partial charge in [0.05, 0.1) is 11.4 Å². The first-order valence-electron chi connectivity index (χ1n) is 7.12. The van der Waals surface area contributed by atoms with Crippen LogP contribution in [0.2, 0.25) is 0 Å². The lowest BCUT2D eigenvalue weighted by Gasteiger charge is -2.08. The second-order valence-electron chi connectivity index (χ2n) is 5.24. The minimum Gasteiger partial charge on any atom is -0.320 e. The van der Waals surface area contributed by atoms with Gasteiger partial charge in [-0.05, 0) is 25.5 Å². The smallest absolute Gasteiger partial charge is 0.295 e. The Morgan fingerprint density at radius 2 is 1.90 bits per heavy atom. The molecule has 2 aromatic rings. The lowest BCUT2D eigenvalue weighted by molar-refractivity contribution is -0.119. The van der Waals surface area contributed by atoms with Crippen LogP contribution in [0.5, 0.6) is 0 Å². The molecule has 1 N–H and O–H groups in total. The Morgan fingerprint density at radius 1 is 1.29 bits per heavy atom. The Labute approximate surface area is 124 Å². The van der Waals surface area contributed by atoms with E-state index >= 15 is 0 Å². The maximum Gasteiger partial charge on any atom is 0.295 e. The summed E-state index contributed by atoms with van der Waals surface area (Å²) < 4.78 is 3.31. The lowest BCUT2D eigenvalue weighted by atomic mass is 10.1. The van der Waals surface area contributed by atoms with Crippen molar-refractivity contribution in [2.75, 3.05) is 5.32 Å². The molecule has 112 valence electrons. The van der Waals surface area contributed by atoms with Crippen molar-refractivity contribution in [3.8, 4) is 5.69 Å². The van der Waals surface area contributed by atoms with Crippen molar-refractivity contribution in [3.05, 3.63) is 46.4 Å². The normalized spacial score (nSPS) is 12.2. The van der Waals surface area contributed by atoms with E-state index in [9.17, 15) is 9.59 Å². The fourth-order valence-electron chi connectivity index (χ4n) is 2.14. The van der Waals surface area contributed by atoms with Crippen molar-refractivity contribution in [1.29, 1.82) is 0 Å². The molecule has 0 bridgehead atoms. The number of nitrogens with one attached hydrogen (secondary N) is 1. The Hall–Kier alpha value is -2.30. The number of anilines is 1. The van der Waals surface area contributed by atoms with Crippen molar-refractivity contribution in [2.24, 2.45) is 13.0 Å². The summed E-state index contributed by atoms with van der Waals surface area (Å²) in [5.74, 6) is -0.238. The molecule has 0 aliphatic rings. The standard InChI is InChI=1S/C16H21N3O2/c1-5-11(2)15(20)17-14-12(3)18(4)19(16(14)21)13-9-7-6-8-10-13/h6-11H,5H2,1-4H3,(H,17,20)/t11-/m0/s1. The zero-order chi connectivity index (χ0) is 15.6. The molecule has 1 atom stereocenters. The molecule has 0 spiro atoms. The van der Waals surface area contributed by atoms with E-state index in [1.807, 2.05) is 58.2 Å². The van der Waals surface area contributed by atoms with Crippen LogP contribution in [-0.2, 0) is 11.8 Å². The summed E-state index contributed by atoms with van der Waals surface area (Å²) >= 11 is 0. The highest BCUT2D eigenvalue weighted by Crippen LogP contribution is 2.15. The maximum absolute atomic E-state index is 12.6. The number of benzene rings is 1. The quantitative estimate of drug-likeness (QED) is 0.939.